The van der Waals surface area contributed by atoms with Gasteiger partial charge in [-0.25, -0.2) is 9.97 Å². The fraction of sp³-hybridized carbons (Fsp3) is 0.474. The molecule has 0 aromatic carbocycles. The van der Waals surface area contributed by atoms with Crippen LogP contribution in [0.25, 0.3) is 11.4 Å². The molecule has 0 aliphatic carbocycles. The molecule has 2 aromatic rings. The largest absolute Gasteiger partial charge is 0.433 e. The van der Waals surface area contributed by atoms with Gasteiger partial charge in [-0.05, 0) is 18.1 Å². The summed E-state index contributed by atoms with van der Waals surface area (Å²) in [5.74, 6) is -0.543. The van der Waals surface area contributed by atoms with Crippen molar-refractivity contribution < 1.29 is 22.7 Å². The molecule has 1 saturated heterocycles. The van der Waals surface area contributed by atoms with Crippen LogP contribution in [0.5, 0.6) is 0 Å². The number of nitrogens with one attached hydrogen (secondary N) is 1. The van der Waals surface area contributed by atoms with Crippen molar-refractivity contribution in [3.63, 3.8) is 0 Å². The SMILES string of the molecule is CC(C)C(Nc1cc(C(F)(F)F)nc(-c2cccnc2)n1)C(=O)N1CCOCC1. The number of hydrogen-bond donors (Lipinski definition) is 1. The van der Waals surface area contributed by atoms with E-state index in [1.54, 1.807) is 17.0 Å². The molecule has 0 saturated carbocycles. The monoisotopic (exact) mass is 409 g/mol. The third-order valence-electron chi connectivity index (χ3n) is 4.50. The fourth-order valence-corrected chi connectivity index (χ4v) is 2.94. The summed E-state index contributed by atoms with van der Waals surface area (Å²) in [7, 11) is 0. The average Bonchev–Trinajstić information content (AvgIpc) is 2.72. The van der Waals surface area contributed by atoms with Gasteiger partial charge in [0.05, 0.1) is 13.2 Å². The van der Waals surface area contributed by atoms with Crippen molar-refractivity contribution in [1.82, 2.24) is 19.9 Å². The molecule has 3 rings (SSSR count). The molecule has 1 atom stereocenters. The quantitative estimate of drug-likeness (QED) is 0.818. The summed E-state index contributed by atoms with van der Waals surface area (Å²) in [6, 6.07) is 3.25. The highest BCUT2D eigenvalue weighted by molar-refractivity contribution is 5.85. The Bertz CT molecular complexity index is 839. The minimum absolute atomic E-state index is 0.0634. The third kappa shape index (κ3) is 5.20. The van der Waals surface area contributed by atoms with Crippen LogP contribution in [0.1, 0.15) is 19.5 Å². The number of halogens is 3. The van der Waals surface area contributed by atoms with E-state index >= 15 is 0 Å². The van der Waals surface area contributed by atoms with Crippen LogP contribution in [0.15, 0.2) is 30.6 Å². The first-order valence-electron chi connectivity index (χ1n) is 9.25. The van der Waals surface area contributed by atoms with Crippen LogP contribution in [0.2, 0.25) is 0 Å². The van der Waals surface area contributed by atoms with Crippen molar-refractivity contribution >= 4 is 11.7 Å². The van der Waals surface area contributed by atoms with E-state index in [2.05, 4.69) is 20.3 Å². The van der Waals surface area contributed by atoms with Gasteiger partial charge >= 0.3 is 6.18 Å². The second-order valence-electron chi connectivity index (χ2n) is 7.01. The molecule has 0 radical (unpaired) electrons. The summed E-state index contributed by atoms with van der Waals surface area (Å²) in [5, 5.41) is 2.89. The highest BCUT2D eigenvalue weighted by atomic mass is 19.4. The van der Waals surface area contributed by atoms with Crippen LogP contribution < -0.4 is 5.32 Å². The normalized spacial score (nSPS) is 16.0. The van der Waals surface area contributed by atoms with Gasteiger partial charge in [0, 0.05) is 37.1 Å². The third-order valence-corrected chi connectivity index (χ3v) is 4.50. The predicted octanol–water partition coefficient (Wildman–Crippen LogP) is 2.85. The lowest BCUT2D eigenvalue weighted by Gasteiger charge is -2.32. The molecule has 10 heteroatoms. The van der Waals surface area contributed by atoms with Crippen molar-refractivity contribution in [2.75, 3.05) is 31.6 Å². The number of carbonyl (C=O) groups is 1. The average molecular weight is 409 g/mol. The van der Waals surface area contributed by atoms with E-state index in [4.69, 9.17) is 4.74 Å². The van der Waals surface area contributed by atoms with Crippen molar-refractivity contribution in [3.8, 4) is 11.4 Å². The van der Waals surface area contributed by atoms with Gasteiger partial charge in [0.1, 0.15) is 11.9 Å². The molecule has 156 valence electrons. The van der Waals surface area contributed by atoms with Crippen LogP contribution in [0, 0.1) is 5.92 Å². The number of carbonyl (C=O) groups excluding carboxylic acids is 1. The molecule has 7 nitrogen and oxygen atoms in total. The minimum atomic E-state index is -4.65. The van der Waals surface area contributed by atoms with E-state index in [1.165, 1.54) is 12.4 Å². The van der Waals surface area contributed by atoms with Gasteiger partial charge in [0.2, 0.25) is 5.91 Å². The Morgan fingerprint density at radius 2 is 1.97 bits per heavy atom. The lowest BCUT2D eigenvalue weighted by Crippen LogP contribution is -2.50. The molecule has 3 heterocycles. The molecule has 1 amide bonds. The first-order chi connectivity index (χ1) is 13.8. The summed E-state index contributed by atoms with van der Waals surface area (Å²) in [6.07, 6.45) is -1.76. The molecule has 29 heavy (non-hydrogen) atoms. The number of anilines is 1. The van der Waals surface area contributed by atoms with Crippen molar-refractivity contribution in [2.24, 2.45) is 5.92 Å². The van der Waals surface area contributed by atoms with E-state index in [0.717, 1.165) is 6.07 Å². The molecule has 2 aromatic heterocycles. The maximum atomic E-state index is 13.4. The summed E-state index contributed by atoms with van der Waals surface area (Å²) in [5.41, 5.74) is -0.738. The van der Waals surface area contributed by atoms with E-state index in [-0.39, 0.29) is 23.5 Å². The van der Waals surface area contributed by atoms with Crippen LogP contribution in [0.4, 0.5) is 19.0 Å². The number of ether oxygens (including phenoxy) is 1. The number of amides is 1. The Labute approximate surface area is 166 Å². The second kappa shape index (κ2) is 8.73. The topological polar surface area (TPSA) is 80.2 Å². The number of aromatic nitrogens is 3. The Hall–Kier alpha value is -2.75. The van der Waals surface area contributed by atoms with Gasteiger partial charge in [-0.1, -0.05) is 13.8 Å². The molecular weight excluding hydrogens is 387 g/mol. The number of rotatable bonds is 5. The standard InChI is InChI=1S/C19H22F3N5O2/c1-12(2)16(18(28)27-6-8-29-9-7-27)25-15-10-14(19(20,21)22)24-17(26-15)13-4-3-5-23-11-13/h3-5,10-12,16H,6-9H2,1-2H3,(H,24,25,26). The number of alkyl halides is 3. The molecular formula is C19H22F3N5O2. The second-order valence-corrected chi connectivity index (χ2v) is 7.01. The minimum Gasteiger partial charge on any atom is -0.378 e. The Morgan fingerprint density at radius 3 is 2.55 bits per heavy atom. The number of nitrogens with zero attached hydrogens (tertiary/aromatic N) is 4. The molecule has 1 unspecified atom stereocenters. The predicted molar refractivity (Wildman–Crippen MR) is 99.9 cm³/mol. The first-order valence-corrected chi connectivity index (χ1v) is 9.25. The lowest BCUT2D eigenvalue weighted by atomic mass is 10.0. The Morgan fingerprint density at radius 1 is 1.24 bits per heavy atom. The molecule has 0 spiro atoms. The van der Waals surface area contributed by atoms with E-state index in [9.17, 15) is 18.0 Å². The summed E-state index contributed by atoms with van der Waals surface area (Å²) in [4.78, 5) is 26.3. The molecule has 1 N–H and O–H groups in total. The summed E-state index contributed by atoms with van der Waals surface area (Å²) >= 11 is 0. The first kappa shape index (κ1) is 21.0. The van der Waals surface area contributed by atoms with Gasteiger partial charge in [-0.2, -0.15) is 13.2 Å². The summed E-state index contributed by atoms with van der Waals surface area (Å²) in [6.45, 7) is 5.42. The van der Waals surface area contributed by atoms with Crippen molar-refractivity contribution in [2.45, 2.75) is 26.1 Å². The van der Waals surface area contributed by atoms with Crippen LogP contribution >= 0.6 is 0 Å². The molecule has 1 fully saturated rings. The van der Waals surface area contributed by atoms with E-state index < -0.39 is 17.9 Å². The summed E-state index contributed by atoms with van der Waals surface area (Å²) < 4.78 is 45.4. The number of morpholine rings is 1. The Balaban J connectivity index is 1.94. The highest BCUT2D eigenvalue weighted by Crippen LogP contribution is 2.31. The maximum absolute atomic E-state index is 13.4. The number of hydrogen-bond acceptors (Lipinski definition) is 6. The molecule has 1 aliphatic rings. The Kier molecular flexibility index (Phi) is 6.31. The van der Waals surface area contributed by atoms with Gasteiger partial charge < -0.3 is 15.0 Å². The zero-order valence-electron chi connectivity index (χ0n) is 16.1. The fourth-order valence-electron chi connectivity index (χ4n) is 2.94. The van der Waals surface area contributed by atoms with Gasteiger partial charge in [-0.15, -0.1) is 0 Å². The van der Waals surface area contributed by atoms with Crippen LogP contribution in [-0.4, -0.2) is 58.1 Å². The van der Waals surface area contributed by atoms with E-state index in [0.29, 0.717) is 31.9 Å². The molecule has 0 bridgehead atoms. The van der Waals surface area contributed by atoms with Crippen LogP contribution in [0.3, 0.4) is 0 Å². The van der Waals surface area contributed by atoms with Crippen LogP contribution in [-0.2, 0) is 15.7 Å². The van der Waals surface area contributed by atoms with Crippen molar-refractivity contribution in [3.05, 3.63) is 36.3 Å². The van der Waals surface area contributed by atoms with Gasteiger partial charge in [0.25, 0.3) is 0 Å². The lowest BCUT2D eigenvalue weighted by molar-refractivity contribution is -0.141. The zero-order chi connectivity index (χ0) is 21.0. The van der Waals surface area contributed by atoms with Gasteiger partial charge in [-0.3, -0.25) is 9.78 Å². The van der Waals surface area contributed by atoms with Gasteiger partial charge in [0.15, 0.2) is 11.5 Å². The smallest absolute Gasteiger partial charge is 0.378 e. The number of pyridine rings is 1. The highest BCUT2D eigenvalue weighted by Gasteiger charge is 2.35. The van der Waals surface area contributed by atoms with E-state index in [1.807, 2.05) is 13.8 Å². The van der Waals surface area contributed by atoms with Crippen molar-refractivity contribution in [1.29, 1.82) is 0 Å². The zero-order valence-corrected chi connectivity index (χ0v) is 16.1. The molecule has 1 aliphatic heterocycles. The maximum Gasteiger partial charge on any atom is 0.433 e.